The number of aromatic nitrogens is 4. The number of halogens is 4. The van der Waals surface area contributed by atoms with Crippen molar-refractivity contribution in [2.75, 3.05) is 7.11 Å². The fourth-order valence-corrected chi connectivity index (χ4v) is 3.23. The number of imidazole rings is 1. The maximum absolute atomic E-state index is 13.6. The number of hydrogen-bond acceptors (Lipinski definition) is 4. The minimum Gasteiger partial charge on any atom is -0.495 e. The van der Waals surface area contributed by atoms with Crippen LogP contribution in [-0.4, -0.2) is 32.9 Å². The van der Waals surface area contributed by atoms with Crippen LogP contribution in [0.1, 0.15) is 18.5 Å². The van der Waals surface area contributed by atoms with Crippen LogP contribution in [0.2, 0.25) is 0 Å². The van der Waals surface area contributed by atoms with E-state index in [2.05, 4.69) is 31.0 Å². The second-order valence-electron chi connectivity index (χ2n) is 5.90. The molecule has 1 aliphatic carbocycles. The van der Waals surface area contributed by atoms with Crippen LogP contribution in [0.5, 0.6) is 5.75 Å². The van der Waals surface area contributed by atoms with Crippen molar-refractivity contribution in [1.29, 1.82) is 0 Å². The first-order valence-electron chi connectivity index (χ1n) is 7.49. The molecule has 3 aromatic rings. The highest BCUT2D eigenvalue weighted by Gasteiger charge is 2.66. The highest BCUT2D eigenvalue weighted by Crippen LogP contribution is 2.60. The standard InChI is InChI=1S/C16H12BrF3N4O/c1-25-11-7-13-21-8-10(9-3-2-4-12(17)22-9)24(13)23-14(11)15(5-6-15)16(18,19)20/h2-4,7-8H,5-6H2,1H3. The lowest BCUT2D eigenvalue weighted by atomic mass is 10.0. The third-order valence-electron chi connectivity index (χ3n) is 4.40. The topological polar surface area (TPSA) is 52.3 Å². The average molecular weight is 413 g/mol. The molecule has 3 aromatic heterocycles. The number of methoxy groups -OCH3 is 1. The van der Waals surface area contributed by atoms with E-state index in [4.69, 9.17) is 4.74 Å². The lowest BCUT2D eigenvalue weighted by Crippen LogP contribution is -2.30. The van der Waals surface area contributed by atoms with Crippen molar-refractivity contribution < 1.29 is 17.9 Å². The van der Waals surface area contributed by atoms with Crippen LogP contribution in [0.15, 0.2) is 35.1 Å². The first-order valence-corrected chi connectivity index (χ1v) is 8.28. The fraction of sp³-hybridized carbons (Fsp3) is 0.312. The lowest BCUT2D eigenvalue weighted by molar-refractivity contribution is -0.162. The van der Waals surface area contributed by atoms with Gasteiger partial charge in [-0.2, -0.15) is 18.3 Å². The summed E-state index contributed by atoms with van der Waals surface area (Å²) in [6.45, 7) is 0. The first kappa shape index (κ1) is 16.3. The van der Waals surface area contributed by atoms with E-state index in [1.54, 1.807) is 18.2 Å². The van der Waals surface area contributed by atoms with Crippen LogP contribution >= 0.6 is 15.9 Å². The van der Waals surface area contributed by atoms with Crippen molar-refractivity contribution in [1.82, 2.24) is 19.6 Å². The largest absolute Gasteiger partial charge is 0.495 e. The molecule has 0 atom stereocenters. The molecule has 0 bridgehead atoms. The Kier molecular flexibility index (Phi) is 3.54. The van der Waals surface area contributed by atoms with Gasteiger partial charge in [0.15, 0.2) is 5.65 Å². The molecule has 25 heavy (non-hydrogen) atoms. The Bertz CT molecular complexity index is 966. The van der Waals surface area contributed by atoms with Crippen LogP contribution in [0, 0.1) is 0 Å². The molecule has 9 heteroatoms. The van der Waals surface area contributed by atoms with Gasteiger partial charge in [-0.25, -0.2) is 14.5 Å². The maximum Gasteiger partial charge on any atom is 0.400 e. The number of alkyl halides is 3. The van der Waals surface area contributed by atoms with Crippen molar-refractivity contribution in [3.8, 4) is 17.1 Å². The Morgan fingerprint density at radius 2 is 2.04 bits per heavy atom. The summed E-state index contributed by atoms with van der Waals surface area (Å²) in [6, 6.07) is 6.78. The summed E-state index contributed by atoms with van der Waals surface area (Å²) in [5.41, 5.74) is -0.584. The van der Waals surface area contributed by atoms with E-state index in [9.17, 15) is 13.2 Å². The van der Waals surface area contributed by atoms with Crippen molar-refractivity contribution in [3.05, 3.63) is 40.8 Å². The molecule has 1 aliphatic rings. The molecule has 5 nitrogen and oxygen atoms in total. The molecule has 0 spiro atoms. The van der Waals surface area contributed by atoms with Gasteiger partial charge in [-0.1, -0.05) is 6.07 Å². The van der Waals surface area contributed by atoms with Gasteiger partial charge in [-0.15, -0.1) is 0 Å². The molecule has 4 rings (SSSR count). The van der Waals surface area contributed by atoms with Gasteiger partial charge in [0.25, 0.3) is 0 Å². The first-order chi connectivity index (χ1) is 11.9. The maximum atomic E-state index is 13.6. The molecule has 0 aromatic carbocycles. The van der Waals surface area contributed by atoms with Gasteiger partial charge in [0, 0.05) is 6.07 Å². The normalized spacial score (nSPS) is 16.2. The van der Waals surface area contributed by atoms with Gasteiger partial charge in [0.2, 0.25) is 0 Å². The predicted molar refractivity (Wildman–Crippen MR) is 87.4 cm³/mol. The van der Waals surface area contributed by atoms with E-state index in [0.29, 0.717) is 21.6 Å². The van der Waals surface area contributed by atoms with Gasteiger partial charge >= 0.3 is 6.18 Å². The molecular formula is C16H12BrF3N4O. The quantitative estimate of drug-likeness (QED) is 0.606. The molecule has 0 N–H and O–H groups in total. The number of fused-ring (bicyclic) bond motifs is 1. The van der Waals surface area contributed by atoms with E-state index in [1.807, 2.05) is 0 Å². The fourth-order valence-electron chi connectivity index (χ4n) is 2.89. The summed E-state index contributed by atoms with van der Waals surface area (Å²) in [4.78, 5) is 8.55. The van der Waals surface area contributed by atoms with Crippen LogP contribution in [-0.2, 0) is 5.41 Å². The molecule has 130 valence electrons. The Balaban J connectivity index is 1.94. The molecule has 1 fully saturated rings. The van der Waals surface area contributed by atoms with Crippen molar-refractivity contribution in [3.63, 3.8) is 0 Å². The lowest BCUT2D eigenvalue weighted by Gasteiger charge is -2.20. The molecule has 3 heterocycles. The van der Waals surface area contributed by atoms with Gasteiger partial charge in [0.05, 0.1) is 19.0 Å². The Hall–Kier alpha value is -2.16. The monoisotopic (exact) mass is 412 g/mol. The van der Waals surface area contributed by atoms with E-state index in [1.165, 1.54) is 23.9 Å². The smallest absolute Gasteiger partial charge is 0.400 e. The van der Waals surface area contributed by atoms with Crippen LogP contribution in [0.25, 0.3) is 17.0 Å². The van der Waals surface area contributed by atoms with Gasteiger partial charge in [0.1, 0.15) is 27.2 Å². The summed E-state index contributed by atoms with van der Waals surface area (Å²) in [5, 5.41) is 4.27. The molecule has 1 saturated carbocycles. The predicted octanol–water partition coefficient (Wildman–Crippen LogP) is 4.16. The second kappa shape index (κ2) is 5.42. The van der Waals surface area contributed by atoms with Gasteiger partial charge in [-0.3, -0.25) is 0 Å². The van der Waals surface area contributed by atoms with E-state index < -0.39 is 11.6 Å². The third kappa shape index (κ3) is 2.48. The van der Waals surface area contributed by atoms with Gasteiger partial charge in [-0.05, 0) is 40.9 Å². The summed E-state index contributed by atoms with van der Waals surface area (Å²) in [7, 11) is 1.34. The second-order valence-corrected chi connectivity index (χ2v) is 6.71. The highest BCUT2D eigenvalue weighted by molar-refractivity contribution is 9.10. The molecule has 0 radical (unpaired) electrons. The summed E-state index contributed by atoms with van der Waals surface area (Å²) < 4.78 is 47.9. The van der Waals surface area contributed by atoms with E-state index >= 15 is 0 Å². The summed E-state index contributed by atoms with van der Waals surface area (Å²) in [6.07, 6.45) is -2.84. The van der Waals surface area contributed by atoms with Crippen molar-refractivity contribution in [2.45, 2.75) is 24.4 Å². The average Bonchev–Trinajstić information content (AvgIpc) is 3.28. The molecular weight excluding hydrogens is 401 g/mol. The van der Waals surface area contributed by atoms with Crippen LogP contribution in [0.4, 0.5) is 13.2 Å². The SMILES string of the molecule is COc1cc2ncc(-c3cccc(Br)n3)n2nc1C1(C(F)(F)F)CC1. The number of hydrogen-bond donors (Lipinski definition) is 0. The summed E-state index contributed by atoms with van der Waals surface area (Å²) >= 11 is 3.29. The zero-order valence-corrected chi connectivity index (χ0v) is 14.6. The zero-order valence-electron chi connectivity index (χ0n) is 13.0. The number of nitrogens with zero attached hydrogens (tertiary/aromatic N) is 4. The Morgan fingerprint density at radius 3 is 2.64 bits per heavy atom. The third-order valence-corrected chi connectivity index (χ3v) is 4.84. The molecule has 0 unspecified atom stereocenters. The minimum atomic E-state index is -4.38. The minimum absolute atomic E-state index is 0.00450. The Labute approximate surface area is 149 Å². The number of ether oxygens (including phenoxy) is 1. The molecule has 0 amide bonds. The number of pyridine rings is 1. The van der Waals surface area contributed by atoms with E-state index in [0.717, 1.165) is 0 Å². The van der Waals surface area contributed by atoms with Crippen LogP contribution < -0.4 is 4.74 Å². The molecule has 0 aliphatic heterocycles. The van der Waals surface area contributed by atoms with Crippen molar-refractivity contribution in [2.24, 2.45) is 0 Å². The van der Waals surface area contributed by atoms with Gasteiger partial charge < -0.3 is 4.74 Å². The highest BCUT2D eigenvalue weighted by atomic mass is 79.9. The number of rotatable bonds is 3. The van der Waals surface area contributed by atoms with E-state index in [-0.39, 0.29) is 24.3 Å². The van der Waals surface area contributed by atoms with Crippen LogP contribution in [0.3, 0.4) is 0 Å². The summed E-state index contributed by atoms with van der Waals surface area (Å²) in [5.74, 6) is 0.0988. The molecule has 0 saturated heterocycles. The Morgan fingerprint density at radius 1 is 1.28 bits per heavy atom. The van der Waals surface area contributed by atoms with Crippen molar-refractivity contribution >= 4 is 21.6 Å². The zero-order chi connectivity index (χ0) is 17.8.